The fourth-order valence-electron chi connectivity index (χ4n) is 1.05. The lowest BCUT2D eigenvalue weighted by atomic mass is 10.1. The quantitative estimate of drug-likeness (QED) is 0.818. The summed E-state index contributed by atoms with van der Waals surface area (Å²) in [5.74, 6) is -4.36. The van der Waals surface area contributed by atoms with E-state index in [-0.39, 0.29) is 5.75 Å². The molecule has 0 bridgehead atoms. The summed E-state index contributed by atoms with van der Waals surface area (Å²) in [6, 6.07) is 2.63. The first kappa shape index (κ1) is 10.8. The normalized spacial score (nSPS) is 11.5. The van der Waals surface area contributed by atoms with Crippen molar-refractivity contribution in [2.24, 2.45) is 0 Å². The van der Waals surface area contributed by atoms with Gasteiger partial charge in [-0.15, -0.1) is 0 Å². The van der Waals surface area contributed by atoms with Crippen LogP contribution in [-0.2, 0) is 5.92 Å². The van der Waals surface area contributed by atoms with Gasteiger partial charge in [-0.3, -0.25) is 0 Å². The minimum absolute atomic E-state index is 0.274. The maximum atomic E-state index is 13.0. The predicted molar refractivity (Wildman–Crippen MR) is 43.9 cm³/mol. The van der Waals surface area contributed by atoms with Crippen LogP contribution < -0.4 is 4.74 Å². The molecule has 0 aromatic heterocycles. The summed E-state index contributed by atoms with van der Waals surface area (Å²) in [5.41, 5.74) is -0.524. The SMILES string of the molecule is COc1cc(F)ccc1C(F)(F)CO. The molecule has 0 amide bonds. The third-order valence-electron chi connectivity index (χ3n) is 1.76. The Bertz CT molecular complexity index is 326. The molecule has 2 nitrogen and oxygen atoms in total. The third-order valence-corrected chi connectivity index (χ3v) is 1.76. The number of aliphatic hydroxyl groups excluding tert-OH is 1. The molecule has 0 radical (unpaired) electrons. The van der Waals surface area contributed by atoms with E-state index in [1.54, 1.807) is 0 Å². The number of methoxy groups -OCH3 is 1. The fourth-order valence-corrected chi connectivity index (χ4v) is 1.05. The molecule has 0 unspecified atom stereocenters. The van der Waals surface area contributed by atoms with Crippen LogP contribution in [0.4, 0.5) is 13.2 Å². The van der Waals surface area contributed by atoms with E-state index < -0.39 is 23.9 Å². The van der Waals surface area contributed by atoms with Gasteiger partial charge in [0.25, 0.3) is 5.92 Å². The van der Waals surface area contributed by atoms with Crippen LogP contribution in [0.2, 0.25) is 0 Å². The van der Waals surface area contributed by atoms with Crippen molar-refractivity contribution in [2.75, 3.05) is 13.7 Å². The van der Waals surface area contributed by atoms with Gasteiger partial charge < -0.3 is 9.84 Å². The van der Waals surface area contributed by atoms with Gasteiger partial charge in [0.1, 0.15) is 18.2 Å². The molecule has 1 N–H and O–H groups in total. The second-order valence-corrected chi connectivity index (χ2v) is 2.71. The van der Waals surface area contributed by atoms with E-state index in [0.717, 1.165) is 25.3 Å². The number of hydrogen-bond donors (Lipinski definition) is 1. The zero-order valence-electron chi connectivity index (χ0n) is 7.43. The van der Waals surface area contributed by atoms with Crippen LogP contribution >= 0.6 is 0 Å². The van der Waals surface area contributed by atoms with E-state index in [0.29, 0.717) is 0 Å². The van der Waals surface area contributed by atoms with Crippen molar-refractivity contribution < 1.29 is 23.0 Å². The number of ether oxygens (including phenoxy) is 1. The lowest BCUT2D eigenvalue weighted by Crippen LogP contribution is -2.19. The molecule has 0 saturated heterocycles. The molecule has 0 aliphatic carbocycles. The van der Waals surface area contributed by atoms with Crippen molar-refractivity contribution in [2.45, 2.75) is 5.92 Å². The molecule has 0 aliphatic rings. The van der Waals surface area contributed by atoms with Crippen molar-refractivity contribution in [3.8, 4) is 5.75 Å². The Kier molecular flexibility index (Phi) is 3.00. The zero-order chi connectivity index (χ0) is 10.8. The van der Waals surface area contributed by atoms with Gasteiger partial charge in [-0.05, 0) is 12.1 Å². The van der Waals surface area contributed by atoms with Gasteiger partial charge in [0.2, 0.25) is 0 Å². The fraction of sp³-hybridized carbons (Fsp3) is 0.333. The van der Waals surface area contributed by atoms with Crippen LogP contribution in [0.1, 0.15) is 5.56 Å². The molecule has 78 valence electrons. The Hall–Kier alpha value is -1.23. The van der Waals surface area contributed by atoms with Crippen LogP contribution in [-0.4, -0.2) is 18.8 Å². The second-order valence-electron chi connectivity index (χ2n) is 2.71. The van der Waals surface area contributed by atoms with E-state index in [9.17, 15) is 13.2 Å². The van der Waals surface area contributed by atoms with Crippen molar-refractivity contribution in [1.29, 1.82) is 0 Å². The van der Waals surface area contributed by atoms with Gasteiger partial charge in [0.15, 0.2) is 0 Å². The summed E-state index contributed by atoms with van der Waals surface area (Å²) in [4.78, 5) is 0. The Morgan fingerprint density at radius 1 is 1.43 bits per heavy atom. The molecule has 0 fully saturated rings. The highest BCUT2D eigenvalue weighted by Gasteiger charge is 2.33. The number of halogens is 3. The highest BCUT2D eigenvalue weighted by atomic mass is 19.3. The average molecular weight is 206 g/mol. The Labute approximate surface area is 78.9 Å². The lowest BCUT2D eigenvalue weighted by molar-refractivity contribution is -0.0571. The first-order chi connectivity index (χ1) is 6.51. The highest BCUT2D eigenvalue weighted by molar-refractivity contribution is 5.37. The van der Waals surface area contributed by atoms with E-state index in [4.69, 9.17) is 5.11 Å². The van der Waals surface area contributed by atoms with Crippen molar-refractivity contribution in [3.63, 3.8) is 0 Å². The number of hydrogen-bond acceptors (Lipinski definition) is 2. The summed E-state index contributed by atoms with van der Waals surface area (Å²) in [7, 11) is 1.16. The maximum absolute atomic E-state index is 13.0. The predicted octanol–water partition coefficient (Wildman–Crippen LogP) is 1.92. The minimum atomic E-state index is -3.42. The number of alkyl halides is 2. The van der Waals surface area contributed by atoms with Gasteiger partial charge >= 0.3 is 0 Å². The molecular formula is C9H9F3O2. The zero-order valence-corrected chi connectivity index (χ0v) is 7.43. The van der Waals surface area contributed by atoms with E-state index in [1.165, 1.54) is 0 Å². The van der Waals surface area contributed by atoms with E-state index in [2.05, 4.69) is 4.74 Å². The summed E-state index contributed by atoms with van der Waals surface area (Å²) in [6.45, 7) is -1.34. The molecule has 5 heteroatoms. The Morgan fingerprint density at radius 3 is 2.57 bits per heavy atom. The highest BCUT2D eigenvalue weighted by Crippen LogP contribution is 2.34. The second kappa shape index (κ2) is 3.88. The van der Waals surface area contributed by atoms with Crippen molar-refractivity contribution >= 4 is 0 Å². The molecular weight excluding hydrogens is 197 g/mol. The van der Waals surface area contributed by atoms with Gasteiger partial charge in [0.05, 0.1) is 12.7 Å². The molecule has 1 aromatic carbocycles. The number of benzene rings is 1. The van der Waals surface area contributed by atoms with Gasteiger partial charge in [0, 0.05) is 6.07 Å². The Balaban J connectivity index is 3.20. The molecule has 0 atom stereocenters. The molecule has 1 rings (SSSR count). The minimum Gasteiger partial charge on any atom is -0.496 e. The molecule has 14 heavy (non-hydrogen) atoms. The standard InChI is InChI=1S/C9H9F3O2/c1-14-8-4-6(10)2-3-7(8)9(11,12)5-13/h2-4,13H,5H2,1H3. The van der Waals surface area contributed by atoms with Crippen LogP contribution in [0, 0.1) is 5.82 Å². The molecule has 0 heterocycles. The van der Waals surface area contributed by atoms with Gasteiger partial charge in [-0.1, -0.05) is 0 Å². The summed E-state index contributed by atoms with van der Waals surface area (Å²) < 4.78 is 43.2. The van der Waals surface area contributed by atoms with E-state index >= 15 is 0 Å². The van der Waals surface area contributed by atoms with Crippen LogP contribution in [0.25, 0.3) is 0 Å². The summed E-state index contributed by atoms with van der Waals surface area (Å²) in [6.07, 6.45) is 0. The smallest absolute Gasteiger partial charge is 0.299 e. The number of aliphatic hydroxyl groups is 1. The van der Waals surface area contributed by atoms with Crippen LogP contribution in [0.3, 0.4) is 0 Å². The largest absolute Gasteiger partial charge is 0.496 e. The molecule has 0 aliphatic heterocycles. The maximum Gasteiger partial charge on any atom is 0.299 e. The van der Waals surface area contributed by atoms with Gasteiger partial charge in [-0.25, -0.2) is 4.39 Å². The van der Waals surface area contributed by atoms with Crippen molar-refractivity contribution in [1.82, 2.24) is 0 Å². The van der Waals surface area contributed by atoms with Crippen LogP contribution in [0.5, 0.6) is 5.75 Å². The average Bonchev–Trinajstić information content (AvgIpc) is 2.17. The van der Waals surface area contributed by atoms with E-state index in [1.807, 2.05) is 0 Å². The first-order valence-corrected chi connectivity index (χ1v) is 3.84. The molecule has 0 saturated carbocycles. The monoisotopic (exact) mass is 206 g/mol. The Morgan fingerprint density at radius 2 is 2.07 bits per heavy atom. The lowest BCUT2D eigenvalue weighted by Gasteiger charge is -2.16. The first-order valence-electron chi connectivity index (χ1n) is 3.84. The molecule has 1 aromatic rings. The summed E-state index contributed by atoms with van der Waals surface area (Å²) in [5, 5.41) is 8.44. The van der Waals surface area contributed by atoms with Gasteiger partial charge in [-0.2, -0.15) is 8.78 Å². The third kappa shape index (κ3) is 1.98. The van der Waals surface area contributed by atoms with Crippen LogP contribution in [0.15, 0.2) is 18.2 Å². The number of rotatable bonds is 3. The summed E-state index contributed by atoms with van der Waals surface area (Å²) >= 11 is 0. The molecule has 0 spiro atoms. The topological polar surface area (TPSA) is 29.5 Å². The van der Waals surface area contributed by atoms with Crippen molar-refractivity contribution in [3.05, 3.63) is 29.6 Å².